The van der Waals surface area contributed by atoms with Crippen LogP contribution in [0.4, 0.5) is 0 Å². The molecule has 2 saturated heterocycles. The first kappa shape index (κ1) is 15.8. The Bertz CT molecular complexity index is 308. The summed E-state index contributed by atoms with van der Waals surface area (Å²) in [5.41, 5.74) is 0. The van der Waals surface area contributed by atoms with Crippen LogP contribution in [0.5, 0.6) is 0 Å². The number of piperidine rings is 2. The fraction of sp³-hybridized carbons (Fsp3) is 0.938. The molecule has 0 aromatic heterocycles. The number of nitrogens with zero attached hydrogens (tertiary/aromatic N) is 1. The highest BCUT2D eigenvalue weighted by Gasteiger charge is 2.23. The van der Waals surface area contributed by atoms with Gasteiger partial charge in [0, 0.05) is 25.2 Å². The van der Waals surface area contributed by atoms with Crippen LogP contribution in [0.15, 0.2) is 0 Å². The van der Waals surface area contributed by atoms with Crippen LogP contribution in [0.25, 0.3) is 0 Å². The molecule has 2 heterocycles. The number of nitrogens with one attached hydrogen (secondary N) is 2. The standard InChI is InChI=1S/C16H31N3O/c1-13-7-5-9-15(18-13)16(20)17-10-6-12-19-11-4-3-8-14(19)2/h13-15,18H,3-12H2,1-2H3,(H,17,20). The summed E-state index contributed by atoms with van der Waals surface area (Å²) < 4.78 is 0. The first-order valence-electron chi connectivity index (χ1n) is 8.44. The molecule has 2 fully saturated rings. The normalized spacial score (nSPS) is 32.0. The lowest BCUT2D eigenvalue weighted by molar-refractivity contribution is -0.124. The van der Waals surface area contributed by atoms with Gasteiger partial charge in [-0.1, -0.05) is 6.42 Å². The number of likely N-dealkylation sites (tertiary alicyclic amines) is 1. The van der Waals surface area contributed by atoms with Crippen LogP contribution in [-0.4, -0.2) is 48.6 Å². The van der Waals surface area contributed by atoms with Crippen molar-refractivity contribution in [3.8, 4) is 0 Å². The van der Waals surface area contributed by atoms with E-state index in [1.54, 1.807) is 0 Å². The molecular formula is C16H31N3O. The van der Waals surface area contributed by atoms with Crippen molar-refractivity contribution in [3.05, 3.63) is 0 Å². The van der Waals surface area contributed by atoms with Gasteiger partial charge in [0.1, 0.15) is 0 Å². The van der Waals surface area contributed by atoms with E-state index >= 15 is 0 Å². The summed E-state index contributed by atoms with van der Waals surface area (Å²) in [6.45, 7) is 7.66. The third-order valence-electron chi connectivity index (χ3n) is 4.79. The van der Waals surface area contributed by atoms with E-state index in [9.17, 15) is 4.79 Å². The van der Waals surface area contributed by atoms with Crippen LogP contribution in [0, 0.1) is 0 Å². The molecule has 4 nitrogen and oxygen atoms in total. The van der Waals surface area contributed by atoms with Gasteiger partial charge in [0.15, 0.2) is 0 Å². The van der Waals surface area contributed by atoms with Gasteiger partial charge >= 0.3 is 0 Å². The zero-order valence-corrected chi connectivity index (χ0v) is 13.2. The summed E-state index contributed by atoms with van der Waals surface area (Å²) in [7, 11) is 0. The summed E-state index contributed by atoms with van der Waals surface area (Å²) in [5.74, 6) is 0.197. The molecule has 0 bridgehead atoms. The summed E-state index contributed by atoms with van der Waals surface area (Å²) in [6, 6.07) is 1.24. The highest BCUT2D eigenvalue weighted by molar-refractivity contribution is 5.81. The van der Waals surface area contributed by atoms with Crippen LogP contribution in [0.2, 0.25) is 0 Å². The molecule has 0 aromatic rings. The molecule has 116 valence electrons. The SMILES string of the molecule is CC1CCCC(C(=O)NCCCN2CCCCC2C)N1. The summed E-state index contributed by atoms with van der Waals surface area (Å²) in [6.07, 6.45) is 8.45. The van der Waals surface area contributed by atoms with Gasteiger partial charge in [-0.05, 0) is 58.9 Å². The molecule has 3 unspecified atom stereocenters. The first-order valence-corrected chi connectivity index (χ1v) is 8.44. The Labute approximate surface area is 123 Å². The van der Waals surface area contributed by atoms with E-state index in [0.717, 1.165) is 38.4 Å². The van der Waals surface area contributed by atoms with Crippen molar-refractivity contribution in [2.24, 2.45) is 0 Å². The quantitative estimate of drug-likeness (QED) is 0.757. The number of carbonyl (C=O) groups excluding carboxylic acids is 1. The van der Waals surface area contributed by atoms with E-state index in [-0.39, 0.29) is 11.9 Å². The van der Waals surface area contributed by atoms with E-state index < -0.39 is 0 Å². The third-order valence-corrected chi connectivity index (χ3v) is 4.79. The Morgan fingerprint density at radius 3 is 2.80 bits per heavy atom. The van der Waals surface area contributed by atoms with Crippen molar-refractivity contribution < 1.29 is 4.79 Å². The van der Waals surface area contributed by atoms with Crippen molar-refractivity contribution in [2.75, 3.05) is 19.6 Å². The molecule has 2 rings (SSSR count). The minimum Gasteiger partial charge on any atom is -0.355 e. The van der Waals surface area contributed by atoms with E-state index in [0.29, 0.717) is 6.04 Å². The summed E-state index contributed by atoms with van der Waals surface area (Å²) in [5, 5.41) is 6.49. The van der Waals surface area contributed by atoms with Crippen molar-refractivity contribution in [3.63, 3.8) is 0 Å². The molecule has 2 N–H and O–H groups in total. The average molecular weight is 281 g/mol. The monoisotopic (exact) mass is 281 g/mol. The summed E-state index contributed by atoms with van der Waals surface area (Å²) >= 11 is 0. The lowest BCUT2D eigenvalue weighted by atomic mass is 9.99. The molecule has 0 saturated carbocycles. The first-order chi connectivity index (χ1) is 9.66. The highest BCUT2D eigenvalue weighted by Crippen LogP contribution is 2.16. The fourth-order valence-corrected chi connectivity index (χ4v) is 3.45. The van der Waals surface area contributed by atoms with Crippen LogP contribution in [-0.2, 0) is 4.79 Å². The van der Waals surface area contributed by atoms with Crippen molar-refractivity contribution in [1.29, 1.82) is 0 Å². The fourth-order valence-electron chi connectivity index (χ4n) is 3.45. The number of amides is 1. The van der Waals surface area contributed by atoms with E-state index in [4.69, 9.17) is 0 Å². The average Bonchev–Trinajstić information content (AvgIpc) is 2.45. The minimum absolute atomic E-state index is 0.0349. The molecule has 0 aromatic carbocycles. The van der Waals surface area contributed by atoms with Gasteiger partial charge in [-0.2, -0.15) is 0 Å². The van der Waals surface area contributed by atoms with Gasteiger partial charge in [-0.3, -0.25) is 4.79 Å². The molecule has 3 atom stereocenters. The minimum atomic E-state index is 0.0349. The Morgan fingerprint density at radius 2 is 2.05 bits per heavy atom. The zero-order valence-electron chi connectivity index (χ0n) is 13.2. The van der Waals surface area contributed by atoms with Crippen LogP contribution >= 0.6 is 0 Å². The van der Waals surface area contributed by atoms with E-state index in [1.165, 1.54) is 32.2 Å². The van der Waals surface area contributed by atoms with Gasteiger partial charge < -0.3 is 15.5 Å². The number of carbonyl (C=O) groups is 1. The molecule has 20 heavy (non-hydrogen) atoms. The maximum atomic E-state index is 12.1. The van der Waals surface area contributed by atoms with Gasteiger partial charge in [0.05, 0.1) is 6.04 Å². The molecule has 2 aliphatic rings. The Balaban J connectivity index is 1.59. The lowest BCUT2D eigenvalue weighted by Gasteiger charge is -2.33. The molecule has 0 radical (unpaired) electrons. The lowest BCUT2D eigenvalue weighted by Crippen LogP contribution is -2.50. The Hall–Kier alpha value is -0.610. The van der Waals surface area contributed by atoms with Crippen LogP contribution < -0.4 is 10.6 Å². The van der Waals surface area contributed by atoms with Gasteiger partial charge in [-0.25, -0.2) is 0 Å². The maximum absolute atomic E-state index is 12.1. The van der Waals surface area contributed by atoms with Gasteiger partial charge in [0.25, 0.3) is 0 Å². The predicted molar refractivity (Wildman–Crippen MR) is 82.7 cm³/mol. The molecule has 1 amide bonds. The van der Waals surface area contributed by atoms with E-state index in [1.807, 2.05) is 0 Å². The van der Waals surface area contributed by atoms with Crippen molar-refractivity contribution in [2.45, 2.75) is 76.9 Å². The molecule has 2 aliphatic heterocycles. The number of hydrogen-bond acceptors (Lipinski definition) is 3. The van der Waals surface area contributed by atoms with Crippen LogP contribution in [0.1, 0.15) is 58.8 Å². The second-order valence-electron chi connectivity index (χ2n) is 6.58. The zero-order chi connectivity index (χ0) is 14.4. The second kappa shape index (κ2) is 7.99. The van der Waals surface area contributed by atoms with Crippen molar-refractivity contribution in [1.82, 2.24) is 15.5 Å². The molecule has 0 spiro atoms. The molecular weight excluding hydrogens is 250 g/mol. The van der Waals surface area contributed by atoms with Crippen LogP contribution in [0.3, 0.4) is 0 Å². The topological polar surface area (TPSA) is 44.4 Å². The summed E-state index contributed by atoms with van der Waals surface area (Å²) in [4.78, 5) is 14.6. The number of rotatable bonds is 5. The smallest absolute Gasteiger partial charge is 0.237 e. The predicted octanol–water partition coefficient (Wildman–Crippen LogP) is 1.90. The van der Waals surface area contributed by atoms with Gasteiger partial charge in [0.2, 0.25) is 5.91 Å². The van der Waals surface area contributed by atoms with E-state index in [2.05, 4.69) is 29.4 Å². The Morgan fingerprint density at radius 1 is 1.20 bits per heavy atom. The molecule has 0 aliphatic carbocycles. The largest absolute Gasteiger partial charge is 0.355 e. The third kappa shape index (κ3) is 4.74. The van der Waals surface area contributed by atoms with Gasteiger partial charge in [-0.15, -0.1) is 0 Å². The van der Waals surface area contributed by atoms with Crippen molar-refractivity contribution >= 4 is 5.91 Å². The number of hydrogen-bond donors (Lipinski definition) is 2. The second-order valence-corrected chi connectivity index (χ2v) is 6.58. The molecule has 4 heteroatoms. The maximum Gasteiger partial charge on any atom is 0.237 e. The Kier molecular flexibility index (Phi) is 6.30. The highest BCUT2D eigenvalue weighted by atomic mass is 16.2.